The zero-order valence-corrected chi connectivity index (χ0v) is 16.9. The molecule has 0 saturated carbocycles. The fraction of sp³-hybridized carbons (Fsp3) is 0.174. The van der Waals surface area contributed by atoms with Crippen LogP contribution < -0.4 is 5.32 Å². The van der Waals surface area contributed by atoms with Crippen molar-refractivity contribution in [3.05, 3.63) is 96.1 Å². The van der Waals surface area contributed by atoms with Gasteiger partial charge in [0.25, 0.3) is 0 Å². The van der Waals surface area contributed by atoms with Gasteiger partial charge in [-0.05, 0) is 42.3 Å². The number of hydrogen-bond acceptors (Lipinski definition) is 3. The van der Waals surface area contributed by atoms with Crippen molar-refractivity contribution < 1.29 is 4.79 Å². The molecule has 3 aromatic rings. The summed E-state index contributed by atoms with van der Waals surface area (Å²) in [6.45, 7) is 1.95. The van der Waals surface area contributed by atoms with Gasteiger partial charge in [-0.2, -0.15) is 0 Å². The summed E-state index contributed by atoms with van der Waals surface area (Å²) in [5.74, 6) is 1.80. The monoisotopic (exact) mass is 393 g/mol. The van der Waals surface area contributed by atoms with Crippen molar-refractivity contribution in [2.75, 3.05) is 5.32 Å². The first kappa shape index (κ1) is 19.6. The van der Waals surface area contributed by atoms with Gasteiger partial charge in [0.05, 0.1) is 5.25 Å². The van der Waals surface area contributed by atoms with E-state index in [2.05, 4.69) is 53.8 Å². The van der Waals surface area contributed by atoms with Crippen molar-refractivity contribution in [3.8, 4) is 0 Å². The fourth-order valence-corrected chi connectivity index (χ4v) is 4.20. The van der Waals surface area contributed by atoms with Crippen LogP contribution in [-0.4, -0.2) is 11.2 Å². The third-order valence-corrected chi connectivity index (χ3v) is 6.38. The standard InChI is InChI=1S/C23H23NOS2/c1-18(26-16-19-8-4-2-5-9-19)23(25)24-21-14-12-20(13-15-21)17-27-22-10-6-3-7-11-22/h2-15,18H,16-17H2,1H3,(H,24,25)/t18-/m1/s1. The number of nitrogens with one attached hydrogen (secondary N) is 1. The number of benzene rings is 3. The zero-order valence-electron chi connectivity index (χ0n) is 15.3. The molecule has 1 amide bonds. The maximum Gasteiger partial charge on any atom is 0.237 e. The number of anilines is 1. The molecule has 0 aliphatic carbocycles. The molecular formula is C23H23NOS2. The second-order valence-electron chi connectivity index (χ2n) is 6.23. The Bertz CT molecular complexity index is 835. The molecule has 1 atom stereocenters. The van der Waals surface area contributed by atoms with Crippen LogP contribution in [0.1, 0.15) is 18.1 Å². The van der Waals surface area contributed by atoms with Crippen LogP contribution in [0, 0.1) is 0 Å². The predicted octanol–water partition coefficient (Wildman–Crippen LogP) is 6.24. The van der Waals surface area contributed by atoms with Gasteiger partial charge in [0.2, 0.25) is 5.91 Å². The summed E-state index contributed by atoms with van der Waals surface area (Å²) in [7, 11) is 0. The summed E-state index contributed by atoms with van der Waals surface area (Å²) in [6.07, 6.45) is 0. The predicted molar refractivity (Wildman–Crippen MR) is 118 cm³/mol. The van der Waals surface area contributed by atoms with Crippen LogP contribution in [0.3, 0.4) is 0 Å². The van der Waals surface area contributed by atoms with Crippen LogP contribution in [0.25, 0.3) is 0 Å². The summed E-state index contributed by atoms with van der Waals surface area (Å²) in [6, 6.07) is 28.7. The fourth-order valence-electron chi connectivity index (χ4n) is 2.48. The number of thioether (sulfide) groups is 2. The Morgan fingerprint density at radius 1 is 0.815 bits per heavy atom. The van der Waals surface area contributed by atoms with Gasteiger partial charge < -0.3 is 5.32 Å². The SMILES string of the molecule is C[C@@H](SCc1ccccc1)C(=O)Nc1ccc(CSc2ccccc2)cc1. The van der Waals surface area contributed by atoms with Crippen LogP contribution in [0.4, 0.5) is 5.69 Å². The van der Waals surface area contributed by atoms with Crippen molar-refractivity contribution in [1.29, 1.82) is 0 Å². The van der Waals surface area contributed by atoms with Crippen LogP contribution in [0.2, 0.25) is 0 Å². The van der Waals surface area contributed by atoms with Gasteiger partial charge in [-0.3, -0.25) is 4.79 Å². The lowest BCUT2D eigenvalue weighted by molar-refractivity contribution is -0.115. The molecule has 27 heavy (non-hydrogen) atoms. The molecule has 0 heterocycles. The van der Waals surface area contributed by atoms with E-state index in [1.807, 2.05) is 55.1 Å². The Kier molecular flexibility index (Phi) is 7.43. The van der Waals surface area contributed by atoms with Crippen molar-refractivity contribution in [2.45, 2.75) is 28.6 Å². The molecule has 0 aromatic heterocycles. The lowest BCUT2D eigenvalue weighted by Crippen LogP contribution is -2.22. The highest BCUT2D eigenvalue weighted by atomic mass is 32.2. The van der Waals surface area contributed by atoms with Crippen molar-refractivity contribution in [1.82, 2.24) is 0 Å². The van der Waals surface area contributed by atoms with Crippen LogP contribution in [0.15, 0.2) is 89.8 Å². The van der Waals surface area contributed by atoms with E-state index in [-0.39, 0.29) is 11.2 Å². The van der Waals surface area contributed by atoms with E-state index in [1.165, 1.54) is 16.0 Å². The normalized spacial score (nSPS) is 11.7. The molecule has 0 unspecified atom stereocenters. The van der Waals surface area contributed by atoms with E-state index in [1.54, 1.807) is 11.8 Å². The average Bonchev–Trinajstić information content (AvgIpc) is 2.73. The minimum atomic E-state index is -0.0986. The van der Waals surface area contributed by atoms with E-state index in [0.29, 0.717) is 0 Å². The van der Waals surface area contributed by atoms with E-state index in [4.69, 9.17) is 0 Å². The first-order chi connectivity index (χ1) is 13.2. The summed E-state index contributed by atoms with van der Waals surface area (Å²) < 4.78 is 0. The lowest BCUT2D eigenvalue weighted by Gasteiger charge is -2.12. The van der Waals surface area contributed by atoms with E-state index in [9.17, 15) is 4.79 Å². The largest absolute Gasteiger partial charge is 0.325 e. The molecule has 2 nitrogen and oxygen atoms in total. The third-order valence-electron chi connectivity index (χ3n) is 4.08. The van der Waals surface area contributed by atoms with Gasteiger partial charge in [-0.1, -0.05) is 60.7 Å². The summed E-state index contributed by atoms with van der Waals surface area (Å²) >= 11 is 3.46. The topological polar surface area (TPSA) is 29.1 Å². The number of carbonyl (C=O) groups is 1. The highest BCUT2D eigenvalue weighted by molar-refractivity contribution is 7.99. The molecule has 4 heteroatoms. The van der Waals surface area contributed by atoms with E-state index < -0.39 is 0 Å². The number of carbonyl (C=O) groups excluding carboxylic acids is 1. The molecule has 0 spiro atoms. The van der Waals surface area contributed by atoms with Gasteiger partial charge in [-0.25, -0.2) is 0 Å². The Labute approximate surface area is 169 Å². The maximum atomic E-state index is 12.4. The molecule has 0 saturated heterocycles. The van der Waals surface area contributed by atoms with Crippen LogP contribution in [-0.2, 0) is 16.3 Å². The second kappa shape index (κ2) is 10.2. The molecule has 0 aliphatic heterocycles. The van der Waals surface area contributed by atoms with Gasteiger partial charge in [0.15, 0.2) is 0 Å². The maximum absolute atomic E-state index is 12.4. The Balaban J connectivity index is 1.46. The van der Waals surface area contributed by atoms with Crippen LogP contribution in [0.5, 0.6) is 0 Å². The van der Waals surface area contributed by atoms with Crippen molar-refractivity contribution in [3.63, 3.8) is 0 Å². The van der Waals surface area contributed by atoms with Gasteiger partial charge >= 0.3 is 0 Å². The summed E-state index contributed by atoms with van der Waals surface area (Å²) in [5.41, 5.74) is 3.33. The smallest absolute Gasteiger partial charge is 0.237 e. The first-order valence-electron chi connectivity index (χ1n) is 8.94. The van der Waals surface area contributed by atoms with Crippen molar-refractivity contribution >= 4 is 35.1 Å². The first-order valence-corrected chi connectivity index (χ1v) is 11.0. The molecule has 0 fully saturated rings. The molecule has 1 N–H and O–H groups in total. The quantitative estimate of drug-likeness (QED) is 0.459. The molecule has 3 rings (SSSR count). The minimum absolute atomic E-state index is 0.0438. The van der Waals surface area contributed by atoms with Gasteiger partial charge in [-0.15, -0.1) is 23.5 Å². The Morgan fingerprint density at radius 2 is 1.41 bits per heavy atom. The second-order valence-corrected chi connectivity index (χ2v) is 8.60. The highest BCUT2D eigenvalue weighted by Crippen LogP contribution is 2.24. The molecule has 0 bridgehead atoms. The van der Waals surface area contributed by atoms with Crippen molar-refractivity contribution in [2.24, 2.45) is 0 Å². The van der Waals surface area contributed by atoms with E-state index in [0.717, 1.165) is 17.2 Å². The van der Waals surface area contributed by atoms with Gasteiger partial charge in [0, 0.05) is 22.1 Å². The summed E-state index contributed by atoms with van der Waals surface area (Å²) in [5, 5.41) is 2.91. The average molecular weight is 394 g/mol. The molecule has 0 aliphatic rings. The molecule has 0 radical (unpaired) electrons. The van der Waals surface area contributed by atoms with E-state index >= 15 is 0 Å². The molecule has 138 valence electrons. The summed E-state index contributed by atoms with van der Waals surface area (Å²) in [4.78, 5) is 13.7. The number of rotatable bonds is 8. The van der Waals surface area contributed by atoms with Crippen LogP contribution >= 0.6 is 23.5 Å². The lowest BCUT2D eigenvalue weighted by atomic mass is 10.2. The Hall–Kier alpha value is -2.17. The Morgan fingerprint density at radius 3 is 2.07 bits per heavy atom. The number of amides is 1. The minimum Gasteiger partial charge on any atom is -0.325 e. The number of hydrogen-bond donors (Lipinski definition) is 1. The molecule has 3 aromatic carbocycles. The molecular weight excluding hydrogens is 370 g/mol. The zero-order chi connectivity index (χ0) is 18.9. The van der Waals surface area contributed by atoms with Gasteiger partial charge in [0.1, 0.15) is 0 Å². The third kappa shape index (κ3) is 6.49. The highest BCUT2D eigenvalue weighted by Gasteiger charge is 2.13.